The van der Waals surface area contributed by atoms with Crippen molar-refractivity contribution in [1.82, 2.24) is 4.98 Å². The fourth-order valence-corrected chi connectivity index (χ4v) is 4.85. The molecule has 2 N–H and O–H groups in total. The fraction of sp³-hybridized carbons (Fsp3) is 0.556. The number of aromatic amines is 1. The number of halogens is 4. The van der Waals surface area contributed by atoms with E-state index in [0.717, 1.165) is 5.57 Å². The van der Waals surface area contributed by atoms with Crippen LogP contribution in [0, 0.1) is 16.7 Å². The molecule has 0 radical (unpaired) electrons. The van der Waals surface area contributed by atoms with E-state index in [2.05, 4.69) is 9.98 Å². The maximum atomic E-state index is 14.4. The molecule has 36 heavy (non-hydrogen) atoms. The molecule has 0 amide bonds. The molecule has 1 fully saturated rings. The van der Waals surface area contributed by atoms with Crippen molar-refractivity contribution in [3.63, 3.8) is 0 Å². The second-order valence-corrected chi connectivity index (χ2v) is 9.74. The number of aliphatic imine (C=N–C) groups is 1. The van der Waals surface area contributed by atoms with E-state index in [0.29, 0.717) is 49.3 Å². The highest BCUT2D eigenvalue weighted by molar-refractivity contribution is 6.19. The van der Waals surface area contributed by atoms with Crippen molar-refractivity contribution < 1.29 is 23.0 Å². The Bertz CT molecular complexity index is 1070. The van der Waals surface area contributed by atoms with Crippen LogP contribution in [-0.2, 0) is 11.2 Å². The first-order chi connectivity index (χ1) is 16.9. The molecule has 1 aliphatic rings. The van der Waals surface area contributed by atoms with Crippen molar-refractivity contribution in [3.8, 4) is 6.07 Å². The van der Waals surface area contributed by atoms with Crippen LogP contribution in [0.2, 0.25) is 0 Å². The molecule has 198 valence electrons. The minimum Gasteiger partial charge on any atom is -0.493 e. The number of aromatic nitrogens is 1. The number of nitrogens with one attached hydrogen (secondary N) is 1. The average molecular weight is 526 g/mol. The van der Waals surface area contributed by atoms with Gasteiger partial charge in [0.2, 0.25) is 0 Å². The summed E-state index contributed by atoms with van der Waals surface area (Å²) >= 11 is 5.87. The number of rotatable bonds is 11. The Hall–Kier alpha value is -2.50. The standard InChI is InChI=1S/C27H35ClF3N3O2/c1-5-7-22(16-32)33-17-23-9-8-21(34-23)15-26(35,27(29,30)31)18-25(4,12-6-2)19(3)24-20(10-13-28)11-14-36-24/h7-10,17,34-35H,5-6,11-15,18H2,1-4H3/b20-10-,22-7-,24-19-,33-17?. The van der Waals surface area contributed by atoms with Gasteiger partial charge in [0.05, 0.1) is 18.5 Å². The number of H-pyrrole nitrogens is 1. The zero-order valence-electron chi connectivity index (χ0n) is 21.3. The van der Waals surface area contributed by atoms with Gasteiger partial charge < -0.3 is 14.8 Å². The van der Waals surface area contributed by atoms with Gasteiger partial charge in [0.25, 0.3) is 0 Å². The predicted molar refractivity (Wildman–Crippen MR) is 137 cm³/mol. The summed E-state index contributed by atoms with van der Waals surface area (Å²) in [6.07, 6.45) is 1.20. The van der Waals surface area contributed by atoms with Crippen LogP contribution in [0.15, 0.2) is 51.9 Å². The van der Waals surface area contributed by atoms with Gasteiger partial charge >= 0.3 is 6.18 Å². The van der Waals surface area contributed by atoms with Crippen molar-refractivity contribution in [2.45, 2.75) is 78.0 Å². The minimum absolute atomic E-state index is 0.219. The summed E-state index contributed by atoms with van der Waals surface area (Å²) in [5.74, 6) is 0.873. The SMILES string of the molecule is CC/C=C(/C#N)N=Cc1ccc(CC(O)(CC(C)(CCC)/C(C)=C2\OCC\C2=C\CCl)C(F)(F)F)[nH]1. The number of alkyl halides is 4. The van der Waals surface area contributed by atoms with E-state index >= 15 is 0 Å². The Morgan fingerprint density at radius 1 is 1.33 bits per heavy atom. The first-order valence-electron chi connectivity index (χ1n) is 12.1. The van der Waals surface area contributed by atoms with E-state index in [1.807, 2.05) is 26.0 Å². The van der Waals surface area contributed by atoms with E-state index in [1.54, 1.807) is 26.0 Å². The van der Waals surface area contributed by atoms with E-state index < -0.39 is 30.0 Å². The van der Waals surface area contributed by atoms with Crippen molar-refractivity contribution in [2.24, 2.45) is 10.4 Å². The Morgan fingerprint density at radius 3 is 2.64 bits per heavy atom. The molecule has 9 heteroatoms. The molecule has 1 aromatic rings. The molecule has 5 nitrogen and oxygen atoms in total. The van der Waals surface area contributed by atoms with Crippen molar-refractivity contribution in [3.05, 3.63) is 58.3 Å². The molecular weight excluding hydrogens is 491 g/mol. The van der Waals surface area contributed by atoms with E-state index in [1.165, 1.54) is 12.3 Å². The van der Waals surface area contributed by atoms with Crippen molar-refractivity contribution in [2.75, 3.05) is 12.5 Å². The number of allylic oxidation sites excluding steroid dienone is 5. The lowest BCUT2D eigenvalue weighted by Gasteiger charge is -2.40. The highest BCUT2D eigenvalue weighted by Gasteiger charge is 2.56. The smallest absolute Gasteiger partial charge is 0.417 e. The van der Waals surface area contributed by atoms with Gasteiger partial charge in [-0.2, -0.15) is 18.4 Å². The molecular formula is C27H35ClF3N3O2. The Balaban J connectivity index is 2.41. The van der Waals surface area contributed by atoms with Crippen LogP contribution in [0.1, 0.15) is 71.2 Å². The number of nitrogens with zero attached hydrogens (tertiary/aromatic N) is 2. The summed E-state index contributed by atoms with van der Waals surface area (Å²) in [5, 5.41) is 20.2. The normalized spacial score (nSPS) is 20.8. The Kier molecular flexibility index (Phi) is 10.4. The maximum absolute atomic E-state index is 14.4. The van der Waals surface area contributed by atoms with Gasteiger partial charge in [-0.05, 0) is 61.0 Å². The van der Waals surface area contributed by atoms with Crippen LogP contribution in [0.3, 0.4) is 0 Å². The fourth-order valence-electron chi connectivity index (χ4n) is 4.66. The van der Waals surface area contributed by atoms with Gasteiger partial charge in [0.1, 0.15) is 17.5 Å². The molecule has 0 aliphatic carbocycles. The molecule has 1 aliphatic heterocycles. The third kappa shape index (κ3) is 7.27. The molecule has 2 rings (SSSR count). The highest BCUT2D eigenvalue weighted by atomic mass is 35.5. The van der Waals surface area contributed by atoms with Gasteiger partial charge in [-0.3, -0.25) is 0 Å². The maximum Gasteiger partial charge on any atom is 0.417 e. The average Bonchev–Trinajstić information content (AvgIpc) is 3.45. The highest BCUT2D eigenvalue weighted by Crippen LogP contribution is 2.49. The zero-order chi connectivity index (χ0) is 27.0. The molecule has 0 bridgehead atoms. The summed E-state index contributed by atoms with van der Waals surface area (Å²) in [7, 11) is 0. The van der Waals surface area contributed by atoms with Gasteiger partial charge in [-0.25, -0.2) is 4.99 Å². The number of aliphatic hydroxyl groups is 1. The predicted octanol–water partition coefficient (Wildman–Crippen LogP) is 7.14. The molecule has 2 atom stereocenters. The van der Waals surface area contributed by atoms with Gasteiger partial charge in [0.15, 0.2) is 5.60 Å². The van der Waals surface area contributed by atoms with Gasteiger partial charge in [-0.15, -0.1) is 11.6 Å². The van der Waals surface area contributed by atoms with E-state index in [9.17, 15) is 18.3 Å². The number of hydrogen-bond acceptors (Lipinski definition) is 4. The molecule has 1 aromatic heterocycles. The van der Waals surface area contributed by atoms with Crippen LogP contribution in [-0.4, -0.2) is 40.6 Å². The minimum atomic E-state index is -4.87. The lowest BCUT2D eigenvalue weighted by atomic mass is 9.69. The van der Waals surface area contributed by atoms with E-state index in [4.69, 9.17) is 21.6 Å². The topological polar surface area (TPSA) is 81.4 Å². The first-order valence-corrected chi connectivity index (χ1v) is 12.7. The second kappa shape index (κ2) is 12.6. The van der Waals surface area contributed by atoms with Crippen molar-refractivity contribution >= 4 is 17.8 Å². The summed E-state index contributed by atoms with van der Waals surface area (Å²) in [4.78, 5) is 6.94. The van der Waals surface area contributed by atoms with Crippen LogP contribution in [0.4, 0.5) is 13.2 Å². The van der Waals surface area contributed by atoms with Crippen LogP contribution in [0.5, 0.6) is 0 Å². The molecule has 1 saturated heterocycles. The monoisotopic (exact) mass is 525 g/mol. The van der Waals surface area contributed by atoms with Crippen LogP contribution in [0.25, 0.3) is 0 Å². The number of nitriles is 1. The Morgan fingerprint density at radius 2 is 2.06 bits per heavy atom. The summed E-state index contributed by atoms with van der Waals surface area (Å²) in [6.45, 7) is 7.78. The Labute approximate surface area is 216 Å². The first kappa shape index (κ1) is 29.7. The third-order valence-corrected chi connectivity index (χ3v) is 6.75. The summed E-state index contributed by atoms with van der Waals surface area (Å²) in [5.41, 5.74) is -1.49. The number of hydrogen-bond donors (Lipinski definition) is 2. The molecule has 0 spiro atoms. The third-order valence-electron chi connectivity index (χ3n) is 6.60. The summed E-state index contributed by atoms with van der Waals surface area (Å²) < 4.78 is 48.9. The van der Waals surface area contributed by atoms with E-state index in [-0.39, 0.29) is 17.3 Å². The quantitative estimate of drug-likeness (QED) is 0.183. The summed E-state index contributed by atoms with van der Waals surface area (Å²) in [6, 6.07) is 5.03. The van der Waals surface area contributed by atoms with Crippen LogP contribution >= 0.6 is 11.6 Å². The molecule has 2 heterocycles. The van der Waals surface area contributed by atoms with Crippen molar-refractivity contribution in [1.29, 1.82) is 5.26 Å². The molecule has 0 aromatic carbocycles. The zero-order valence-corrected chi connectivity index (χ0v) is 22.1. The molecule has 0 saturated carbocycles. The van der Waals surface area contributed by atoms with Gasteiger partial charge in [0, 0.05) is 24.4 Å². The largest absolute Gasteiger partial charge is 0.493 e. The van der Waals surface area contributed by atoms with Crippen LogP contribution < -0.4 is 0 Å². The lowest BCUT2D eigenvalue weighted by molar-refractivity contribution is -0.269. The second-order valence-electron chi connectivity index (χ2n) is 9.44. The number of ether oxygens (including phenoxy) is 1. The molecule has 2 unspecified atom stereocenters. The lowest BCUT2D eigenvalue weighted by Crippen LogP contribution is -2.50. The van der Waals surface area contributed by atoms with Gasteiger partial charge in [-0.1, -0.05) is 33.3 Å².